The van der Waals surface area contributed by atoms with Crippen LogP contribution >= 0.6 is 0 Å². The first-order valence-corrected chi connectivity index (χ1v) is 10.2. The zero-order chi connectivity index (χ0) is 24.5. The van der Waals surface area contributed by atoms with E-state index in [1.807, 2.05) is 30.3 Å². The van der Waals surface area contributed by atoms with Gasteiger partial charge in [-0.15, -0.1) is 0 Å². The average Bonchev–Trinajstić information content (AvgIpc) is 2.85. The lowest BCUT2D eigenvalue weighted by Gasteiger charge is -2.11. The van der Waals surface area contributed by atoms with Gasteiger partial charge >= 0.3 is 0 Å². The molecule has 2 aromatic heterocycles. The highest BCUT2D eigenvalue weighted by Crippen LogP contribution is 2.27. The molecule has 1 amide bonds. The number of benzene rings is 2. The van der Waals surface area contributed by atoms with E-state index in [1.165, 1.54) is 17.8 Å². The minimum atomic E-state index is -0.618. The molecule has 0 aliphatic rings. The zero-order valence-electron chi connectivity index (χ0n) is 18.3. The molecule has 0 spiro atoms. The van der Waals surface area contributed by atoms with Crippen molar-refractivity contribution >= 4 is 23.4 Å². The van der Waals surface area contributed by atoms with Crippen LogP contribution in [-0.4, -0.2) is 20.9 Å². The molecular formula is C24H22N8O2. The van der Waals surface area contributed by atoms with Crippen molar-refractivity contribution in [1.82, 2.24) is 15.0 Å². The third-order valence-electron chi connectivity index (χ3n) is 4.73. The first-order chi connectivity index (χ1) is 16.5. The second-order valence-electron chi connectivity index (χ2n) is 7.04. The van der Waals surface area contributed by atoms with Crippen LogP contribution in [0.15, 0.2) is 72.9 Å². The molecule has 10 heteroatoms. The van der Waals surface area contributed by atoms with E-state index in [4.69, 9.17) is 27.0 Å². The Morgan fingerprint density at radius 3 is 2.44 bits per heavy atom. The minimum Gasteiger partial charge on any atom is -0.457 e. The van der Waals surface area contributed by atoms with Crippen LogP contribution in [-0.2, 0) is 6.42 Å². The molecule has 0 fully saturated rings. The van der Waals surface area contributed by atoms with Crippen molar-refractivity contribution in [2.45, 2.75) is 13.3 Å². The first kappa shape index (κ1) is 23.6. The lowest BCUT2D eigenvalue weighted by molar-refractivity contribution is 0.0995. The number of nitrogen functional groups attached to an aromatic ring is 1. The molecule has 5 N–H and O–H groups in total. The molecule has 4 aromatic rings. The highest BCUT2D eigenvalue weighted by atomic mass is 16.5. The fourth-order valence-corrected chi connectivity index (χ4v) is 3.12. The fourth-order valence-electron chi connectivity index (χ4n) is 3.12. The number of anilines is 3. The standard InChI is InChI=1S/C24H22N6O2.N2/c1-2-15-6-8-16(9-7-15)20-14-22(30-24(26)29-20)28-17-4-3-5-18(12-17)32-19-10-11-27-21(13-19)23(25)31;1-2/h3-14H,2H2,1H3,(H2,25,31)(H3,26,28,29,30);. The number of aromatic nitrogens is 3. The van der Waals surface area contributed by atoms with Gasteiger partial charge in [0.1, 0.15) is 23.0 Å². The lowest BCUT2D eigenvalue weighted by atomic mass is 10.1. The molecule has 0 aliphatic carbocycles. The maximum atomic E-state index is 11.3. The van der Waals surface area contributed by atoms with Crippen LogP contribution in [0.3, 0.4) is 0 Å². The Kier molecular flexibility index (Phi) is 7.65. The quantitative estimate of drug-likeness (QED) is 0.342. The Bertz CT molecular complexity index is 1310. The maximum absolute atomic E-state index is 11.3. The summed E-state index contributed by atoms with van der Waals surface area (Å²) in [5.41, 5.74) is 15.0. The molecule has 170 valence electrons. The smallest absolute Gasteiger partial charge is 0.267 e. The van der Waals surface area contributed by atoms with Crippen molar-refractivity contribution in [1.29, 1.82) is 10.8 Å². The summed E-state index contributed by atoms with van der Waals surface area (Å²) < 4.78 is 5.84. The number of nitrogens with zero attached hydrogens (tertiary/aromatic N) is 5. The van der Waals surface area contributed by atoms with Gasteiger partial charge in [-0.1, -0.05) is 37.3 Å². The highest BCUT2D eigenvalue weighted by molar-refractivity contribution is 5.91. The van der Waals surface area contributed by atoms with Crippen LogP contribution in [0.4, 0.5) is 17.5 Å². The van der Waals surface area contributed by atoms with Gasteiger partial charge in [-0.05, 0) is 30.2 Å². The van der Waals surface area contributed by atoms with Gasteiger partial charge in [0.25, 0.3) is 5.91 Å². The molecule has 0 atom stereocenters. The number of ether oxygens (including phenoxy) is 1. The van der Waals surface area contributed by atoms with E-state index in [1.54, 1.807) is 18.2 Å². The van der Waals surface area contributed by atoms with Gasteiger partial charge in [0.15, 0.2) is 0 Å². The summed E-state index contributed by atoms with van der Waals surface area (Å²) in [7, 11) is 0. The van der Waals surface area contributed by atoms with Gasteiger partial charge in [-0.2, -0.15) is 4.98 Å². The van der Waals surface area contributed by atoms with E-state index >= 15 is 0 Å². The number of carbonyl (C=O) groups excluding carboxylic acids is 1. The Balaban J connectivity index is 0.00000158. The molecule has 10 nitrogen and oxygen atoms in total. The highest BCUT2D eigenvalue weighted by Gasteiger charge is 2.08. The van der Waals surface area contributed by atoms with Crippen molar-refractivity contribution in [3.63, 3.8) is 0 Å². The molecule has 34 heavy (non-hydrogen) atoms. The largest absolute Gasteiger partial charge is 0.457 e. The second kappa shape index (κ2) is 11.0. The number of rotatable bonds is 7. The van der Waals surface area contributed by atoms with Crippen molar-refractivity contribution in [3.05, 3.63) is 84.2 Å². The van der Waals surface area contributed by atoms with E-state index in [9.17, 15) is 4.79 Å². The van der Waals surface area contributed by atoms with E-state index < -0.39 is 5.91 Å². The van der Waals surface area contributed by atoms with Gasteiger partial charge in [-0.3, -0.25) is 9.78 Å². The van der Waals surface area contributed by atoms with Gasteiger partial charge < -0.3 is 21.5 Å². The topological polar surface area (TPSA) is 177 Å². The number of hydrogen-bond acceptors (Lipinski definition) is 9. The second-order valence-corrected chi connectivity index (χ2v) is 7.04. The maximum Gasteiger partial charge on any atom is 0.267 e. The Hall–Kier alpha value is -5.04. The van der Waals surface area contributed by atoms with Crippen LogP contribution in [0.1, 0.15) is 23.0 Å². The number of primary amides is 1. The Labute approximate surface area is 196 Å². The molecule has 0 aliphatic heterocycles. The summed E-state index contributed by atoms with van der Waals surface area (Å²) >= 11 is 0. The molecule has 0 saturated heterocycles. The summed E-state index contributed by atoms with van der Waals surface area (Å²) in [6.07, 6.45) is 2.44. The lowest BCUT2D eigenvalue weighted by Crippen LogP contribution is -2.12. The summed E-state index contributed by atoms with van der Waals surface area (Å²) in [5.74, 6) is 1.13. The van der Waals surface area contributed by atoms with Crippen molar-refractivity contribution in [2.75, 3.05) is 11.1 Å². The molecule has 0 radical (unpaired) electrons. The van der Waals surface area contributed by atoms with Gasteiger partial charge in [0, 0.05) is 46.4 Å². The van der Waals surface area contributed by atoms with Crippen LogP contribution in [0.5, 0.6) is 11.5 Å². The van der Waals surface area contributed by atoms with Crippen molar-refractivity contribution in [2.24, 2.45) is 5.73 Å². The number of amides is 1. The number of carbonyl (C=O) groups is 1. The summed E-state index contributed by atoms with van der Waals surface area (Å²) in [4.78, 5) is 23.9. The minimum absolute atomic E-state index is 0.132. The third kappa shape index (κ3) is 6.02. The van der Waals surface area contributed by atoms with Gasteiger partial charge in [0.2, 0.25) is 5.95 Å². The SMILES string of the molecule is CCc1ccc(-c2cc(Nc3cccc(Oc4ccnc(C(N)=O)c4)c3)nc(N)n2)cc1.N#N. The number of hydrogen-bond donors (Lipinski definition) is 3. The van der Waals surface area contributed by atoms with Crippen molar-refractivity contribution < 1.29 is 9.53 Å². The van der Waals surface area contributed by atoms with E-state index in [-0.39, 0.29) is 11.6 Å². The third-order valence-corrected chi connectivity index (χ3v) is 4.73. The van der Waals surface area contributed by atoms with Gasteiger partial charge in [-0.25, -0.2) is 4.98 Å². The molecular weight excluding hydrogens is 432 g/mol. The van der Waals surface area contributed by atoms with Crippen LogP contribution in [0.2, 0.25) is 0 Å². The predicted molar refractivity (Wildman–Crippen MR) is 127 cm³/mol. The van der Waals surface area contributed by atoms with Gasteiger partial charge in [0.05, 0.1) is 5.69 Å². The van der Waals surface area contributed by atoms with E-state index in [2.05, 4.69) is 39.3 Å². The summed E-state index contributed by atoms with van der Waals surface area (Å²) in [6, 6.07) is 20.5. The fraction of sp³-hybridized carbons (Fsp3) is 0.0833. The molecule has 0 saturated carbocycles. The Morgan fingerprint density at radius 2 is 1.74 bits per heavy atom. The zero-order valence-corrected chi connectivity index (χ0v) is 18.3. The molecule has 2 aromatic carbocycles. The normalized spacial score (nSPS) is 9.97. The van der Waals surface area contributed by atoms with E-state index in [0.29, 0.717) is 17.3 Å². The first-order valence-electron chi connectivity index (χ1n) is 10.2. The Morgan fingerprint density at radius 1 is 1.00 bits per heavy atom. The number of nitrogens with two attached hydrogens (primary N) is 2. The number of pyridine rings is 1. The number of aryl methyl sites for hydroxylation is 1. The molecule has 0 unspecified atom stereocenters. The molecule has 2 heterocycles. The van der Waals surface area contributed by atoms with Crippen LogP contribution < -0.4 is 21.5 Å². The van der Waals surface area contributed by atoms with Crippen LogP contribution in [0.25, 0.3) is 11.3 Å². The summed E-state index contributed by atoms with van der Waals surface area (Å²) in [5, 5.41) is 15.2. The van der Waals surface area contributed by atoms with E-state index in [0.717, 1.165) is 23.4 Å². The number of nitrogens with one attached hydrogen (secondary N) is 1. The molecule has 0 bridgehead atoms. The summed E-state index contributed by atoms with van der Waals surface area (Å²) in [6.45, 7) is 2.11. The monoisotopic (exact) mass is 454 g/mol. The average molecular weight is 454 g/mol. The van der Waals surface area contributed by atoms with Crippen LogP contribution in [0, 0.1) is 10.8 Å². The molecule has 4 rings (SSSR count). The predicted octanol–water partition coefficient (Wildman–Crippen LogP) is 4.35. The van der Waals surface area contributed by atoms with Crippen molar-refractivity contribution in [3.8, 4) is 22.8 Å².